The molecule has 0 aromatic heterocycles. The molecule has 0 fully saturated rings. The van der Waals surface area contributed by atoms with Crippen molar-refractivity contribution in [2.45, 2.75) is 104 Å². The smallest absolute Gasteiger partial charge is 0.192 e. The van der Waals surface area contributed by atoms with Crippen molar-refractivity contribution in [1.82, 2.24) is 0 Å². The SMILES string of the molecule is COc1ccc(COCC[C@H](O[Si](C)(C)C(C)(C)C)[C@H](C)CO[Si](C)(C)C(C)(C)C)cc1. The molecule has 4 nitrogen and oxygen atoms in total. The second-order valence-corrected chi connectivity index (χ2v) is 21.7. The lowest BCUT2D eigenvalue weighted by Gasteiger charge is -2.42. The Balaban J connectivity index is 2.76. The highest BCUT2D eigenvalue weighted by molar-refractivity contribution is 6.74. The molecule has 1 aromatic carbocycles. The van der Waals surface area contributed by atoms with Crippen molar-refractivity contribution >= 4 is 16.6 Å². The molecular formula is C26H50O4Si2. The average molecular weight is 483 g/mol. The van der Waals surface area contributed by atoms with Crippen LogP contribution in [0.25, 0.3) is 0 Å². The minimum Gasteiger partial charge on any atom is -0.497 e. The molecule has 0 aliphatic carbocycles. The van der Waals surface area contributed by atoms with E-state index >= 15 is 0 Å². The Morgan fingerprint density at radius 2 is 1.38 bits per heavy atom. The lowest BCUT2D eigenvalue weighted by molar-refractivity contribution is 0.0404. The average Bonchev–Trinajstić information content (AvgIpc) is 2.67. The van der Waals surface area contributed by atoms with Gasteiger partial charge in [0.15, 0.2) is 16.6 Å². The third-order valence-corrected chi connectivity index (χ3v) is 16.4. The van der Waals surface area contributed by atoms with E-state index in [1.54, 1.807) is 7.11 Å². The van der Waals surface area contributed by atoms with Crippen LogP contribution >= 0.6 is 0 Å². The zero-order valence-electron chi connectivity index (χ0n) is 22.9. The third kappa shape index (κ3) is 8.94. The molecule has 0 radical (unpaired) electrons. The van der Waals surface area contributed by atoms with E-state index in [2.05, 4.69) is 86.8 Å². The fourth-order valence-corrected chi connectivity index (χ4v) is 5.36. The predicted molar refractivity (Wildman–Crippen MR) is 142 cm³/mol. The summed E-state index contributed by atoms with van der Waals surface area (Å²) in [5.41, 5.74) is 1.15. The van der Waals surface area contributed by atoms with Gasteiger partial charge in [-0.15, -0.1) is 0 Å². The van der Waals surface area contributed by atoms with Gasteiger partial charge in [0.2, 0.25) is 0 Å². The molecule has 0 amide bonds. The summed E-state index contributed by atoms with van der Waals surface area (Å²) in [5, 5.41) is 0.388. The van der Waals surface area contributed by atoms with E-state index in [1.807, 2.05) is 12.1 Å². The quantitative estimate of drug-likeness (QED) is 0.226. The maximum atomic E-state index is 6.88. The van der Waals surface area contributed by atoms with Crippen molar-refractivity contribution in [3.63, 3.8) is 0 Å². The Labute approximate surface area is 200 Å². The Hall–Kier alpha value is -0.666. The molecule has 1 rings (SSSR count). The highest BCUT2D eigenvalue weighted by Crippen LogP contribution is 2.40. The zero-order valence-corrected chi connectivity index (χ0v) is 24.9. The second kappa shape index (κ2) is 11.6. The monoisotopic (exact) mass is 482 g/mol. The topological polar surface area (TPSA) is 36.9 Å². The van der Waals surface area contributed by atoms with Crippen LogP contribution in [0.2, 0.25) is 36.3 Å². The van der Waals surface area contributed by atoms with Gasteiger partial charge in [-0.2, -0.15) is 0 Å². The van der Waals surface area contributed by atoms with Crippen LogP contribution in [0.15, 0.2) is 24.3 Å². The number of benzene rings is 1. The molecule has 6 heteroatoms. The van der Waals surface area contributed by atoms with Gasteiger partial charge in [-0.05, 0) is 60.4 Å². The van der Waals surface area contributed by atoms with Crippen LogP contribution in [0, 0.1) is 5.92 Å². The molecule has 0 heterocycles. The number of hydrogen-bond acceptors (Lipinski definition) is 4. The largest absolute Gasteiger partial charge is 0.497 e. The first-order valence-corrected chi connectivity index (χ1v) is 17.8. The predicted octanol–water partition coefficient (Wildman–Crippen LogP) is 7.65. The van der Waals surface area contributed by atoms with Gasteiger partial charge in [0.05, 0.1) is 19.8 Å². The second-order valence-electron chi connectivity index (χ2n) is 12.2. The van der Waals surface area contributed by atoms with E-state index in [9.17, 15) is 0 Å². The van der Waals surface area contributed by atoms with E-state index in [-0.39, 0.29) is 16.2 Å². The molecule has 0 spiro atoms. The Bertz CT molecular complexity index is 673. The summed E-state index contributed by atoms with van der Waals surface area (Å²) in [6.45, 7) is 27.4. The van der Waals surface area contributed by atoms with E-state index in [0.717, 1.165) is 24.3 Å². The van der Waals surface area contributed by atoms with Gasteiger partial charge < -0.3 is 18.3 Å². The molecule has 0 N–H and O–H groups in total. The molecule has 0 saturated carbocycles. The molecule has 0 bridgehead atoms. The summed E-state index contributed by atoms with van der Waals surface area (Å²) in [6.07, 6.45) is 1.02. The van der Waals surface area contributed by atoms with Crippen LogP contribution in [-0.2, 0) is 20.2 Å². The van der Waals surface area contributed by atoms with Crippen molar-refractivity contribution in [2.75, 3.05) is 20.3 Å². The highest BCUT2D eigenvalue weighted by atomic mass is 28.4. The van der Waals surface area contributed by atoms with Gasteiger partial charge in [0, 0.05) is 19.1 Å². The lowest BCUT2D eigenvalue weighted by atomic mass is 10.0. The lowest BCUT2D eigenvalue weighted by Crippen LogP contribution is -2.47. The number of ether oxygens (including phenoxy) is 2. The Morgan fingerprint density at radius 1 is 0.844 bits per heavy atom. The summed E-state index contributed by atoms with van der Waals surface area (Å²) < 4.78 is 24.7. The highest BCUT2D eigenvalue weighted by Gasteiger charge is 2.41. The van der Waals surface area contributed by atoms with Gasteiger partial charge in [-0.1, -0.05) is 60.6 Å². The van der Waals surface area contributed by atoms with Crippen LogP contribution in [0.4, 0.5) is 0 Å². The maximum absolute atomic E-state index is 6.88. The first kappa shape index (κ1) is 29.4. The minimum atomic E-state index is -1.89. The standard InChI is InChI=1S/C26H50O4Si2/c1-21(19-29-31(9,10)25(2,3)4)24(30-32(11,12)26(5,6)7)17-18-28-20-22-13-15-23(27-8)16-14-22/h13-16,21,24H,17-20H2,1-12H3/t21-,24+/m1/s1. The Morgan fingerprint density at radius 3 is 1.84 bits per heavy atom. The molecule has 2 atom stereocenters. The van der Waals surface area contributed by atoms with Gasteiger partial charge in [0.25, 0.3) is 0 Å². The number of rotatable bonds is 12. The summed E-state index contributed by atoms with van der Waals surface area (Å²) in [5.74, 6) is 1.19. The summed E-state index contributed by atoms with van der Waals surface area (Å²) in [6, 6.07) is 8.06. The van der Waals surface area contributed by atoms with Crippen LogP contribution < -0.4 is 4.74 Å². The normalized spacial score (nSPS) is 15.5. The Kier molecular flexibility index (Phi) is 10.7. The van der Waals surface area contributed by atoms with Crippen LogP contribution in [0.1, 0.15) is 60.5 Å². The fraction of sp³-hybridized carbons (Fsp3) is 0.769. The van der Waals surface area contributed by atoms with E-state index in [4.69, 9.17) is 18.3 Å². The van der Waals surface area contributed by atoms with Crippen molar-refractivity contribution in [3.8, 4) is 5.75 Å². The van der Waals surface area contributed by atoms with Crippen molar-refractivity contribution in [3.05, 3.63) is 29.8 Å². The molecule has 1 aromatic rings. The van der Waals surface area contributed by atoms with Gasteiger partial charge in [-0.25, -0.2) is 0 Å². The van der Waals surface area contributed by atoms with E-state index in [0.29, 0.717) is 19.1 Å². The molecular weight excluding hydrogens is 432 g/mol. The third-order valence-electron chi connectivity index (χ3n) is 7.37. The fourth-order valence-electron chi connectivity index (χ4n) is 2.79. The number of hydrogen-bond donors (Lipinski definition) is 0. The van der Waals surface area contributed by atoms with Crippen molar-refractivity contribution < 1.29 is 18.3 Å². The van der Waals surface area contributed by atoms with Crippen LogP contribution in [0.5, 0.6) is 5.75 Å². The minimum absolute atomic E-state index is 0.136. The summed E-state index contributed by atoms with van der Waals surface area (Å²) in [7, 11) is -1.99. The summed E-state index contributed by atoms with van der Waals surface area (Å²) in [4.78, 5) is 0. The van der Waals surface area contributed by atoms with Crippen molar-refractivity contribution in [1.29, 1.82) is 0 Å². The van der Waals surface area contributed by atoms with Gasteiger partial charge in [-0.3, -0.25) is 0 Å². The number of methoxy groups -OCH3 is 1. The van der Waals surface area contributed by atoms with Crippen LogP contribution in [0.3, 0.4) is 0 Å². The first-order chi connectivity index (χ1) is 14.5. The van der Waals surface area contributed by atoms with Gasteiger partial charge in [0.1, 0.15) is 5.75 Å². The van der Waals surface area contributed by atoms with Crippen molar-refractivity contribution in [2.24, 2.45) is 5.92 Å². The van der Waals surface area contributed by atoms with Gasteiger partial charge >= 0.3 is 0 Å². The maximum Gasteiger partial charge on any atom is 0.192 e. The van der Waals surface area contributed by atoms with E-state index in [1.165, 1.54) is 0 Å². The van der Waals surface area contributed by atoms with Crippen LogP contribution in [-0.4, -0.2) is 43.1 Å². The van der Waals surface area contributed by atoms with E-state index < -0.39 is 16.6 Å². The summed E-state index contributed by atoms with van der Waals surface area (Å²) >= 11 is 0. The zero-order chi connectivity index (χ0) is 24.8. The molecule has 0 aliphatic rings. The molecule has 0 saturated heterocycles. The first-order valence-electron chi connectivity index (χ1n) is 12.0. The molecule has 32 heavy (non-hydrogen) atoms. The molecule has 0 aliphatic heterocycles. The molecule has 186 valence electrons. The molecule has 0 unspecified atom stereocenters.